The molecule has 1 fully saturated rings. The first kappa shape index (κ1) is 7.85. The van der Waals surface area contributed by atoms with Gasteiger partial charge in [0.1, 0.15) is 0 Å². The zero-order valence-corrected chi connectivity index (χ0v) is 7.80. The molecule has 0 heteroatoms. The lowest BCUT2D eigenvalue weighted by atomic mass is 9.99. The van der Waals surface area contributed by atoms with Crippen LogP contribution in [0, 0.1) is 6.07 Å². The third-order valence-electron chi connectivity index (χ3n) is 2.52. The lowest BCUT2D eigenvalue weighted by molar-refractivity contribution is 0.860. The lowest BCUT2D eigenvalue weighted by Crippen LogP contribution is -1.89. The van der Waals surface area contributed by atoms with Gasteiger partial charge >= 0.3 is 0 Å². The zero-order chi connectivity index (χ0) is 8.55. The van der Waals surface area contributed by atoms with Crippen LogP contribution in [0.5, 0.6) is 0 Å². The van der Waals surface area contributed by atoms with Gasteiger partial charge in [-0.25, -0.2) is 0 Å². The quantitative estimate of drug-likeness (QED) is 0.619. The Morgan fingerprint density at radius 3 is 2.75 bits per heavy atom. The van der Waals surface area contributed by atoms with Gasteiger partial charge in [-0.1, -0.05) is 32.0 Å². The first-order chi connectivity index (χ1) is 5.77. The van der Waals surface area contributed by atoms with Gasteiger partial charge in [-0.2, -0.15) is 0 Å². The van der Waals surface area contributed by atoms with Gasteiger partial charge in [0.2, 0.25) is 0 Å². The molecule has 0 heterocycles. The molecule has 0 saturated heterocycles. The second-order valence-electron chi connectivity index (χ2n) is 4.01. The van der Waals surface area contributed by atoms with E-state index in [2.05, 4.69) is 38.1 Å². The highest BCUT2D eigenvalue weighted by Crippen LogP contribution is 2.40. The Kier molecular flexibility index (Phi) is 1.92. The van der Waals surface area contributed by atoms with Crippen LogP contribution in [-0.2, 0) is 0 Å². The molecule has 1 saturated carbocycles. The van der Waals surface area contributed by atoms with Gasteiger partial charge in [0, 0.05) is 0 Å². The Hall–Kier alpha value is -0.780. The molecule has 63 valence electrons. The largest absolute Gasteiger partial charge is 0.0587 e. The van der Waals surface area contributed by atoms with Crippen LogP contribution in [-0.4, -0.2) is 0 Å². The van der Waals surface area contributed by atoms with Gasteiger partial charge < -0.3 is 0 Å². The first-order valence-corrected chi connectivity index (χ1v) is 4.79. The summed E-state index contributed by atoms with van der Waals surface area (Å²) in [5.74, 6) is 1.49. The van der Waals surface area contributed by atoms with Crippen molar-refractivity contribution in [1.82, 2.24) is 0 Å². The van der Waals surface area contributed by atoms with Gasteiger partial charge in [0.25, 0.3) is 0 Å². The van der Waals surface area contributed by atoms with E-state index in [0.29, 0.717) is 5.92 Å². The summed E-state index contributed by atoms with van der Waals surface area (Å²) in [5, 5.41) is 0. The standard InChI is InChI=1S/C12H15/c1-9(2)11-4-3-5-12(8-11)10-6-7-10/h3,5,8-10H,6-7H2,1-2H3. The molecular formula is C12H15. The minimum Gasteiger partial charge on any atom is -0.0587 e. The van der Waals surface area contributed by atoms with Crippen LogP contribution >= 0.6 is 0 Å². The van der Waals surface area contributed by atoms with E-state index >= 15 is 0 Å². The van der Waals surface area contributed by atoms with Crippen LogP contribution in [0.3, 0.4) is 0 Å². The molecule has 0 aliphatic heterocycles. The summed E-state index contributed by atoms with van der Waals surface area (Å²) in [6, 6.07) is 9.90. The summed E-state index contributed by atoms with van der Waals surface area (Å²) in [6.07, 6.45) is 2.78. The molecule has 0 bridgehead atoms. The van der Waals surface area contributed by atoms with Gasteiger partial charge in [-0.15, -0.1) is 0 Å². The van der Waals surface area contributed by atoms with Crippen molar-refractivity contribution in [3.8, 4) is 0 Å². The molecule has 1 aromatic rings. The fraction of sp³-hybridized carbons (Fsp3) is 0.500. The van der Waals surface area contributed by atoms with E-state index in [9.17, 15) is 0 Å². The van der Waals surface area contributed by atoms with Gasteiger partial charge in [-0.05, 0) is 41.9 Å². The molecule has 0 N–H and O–H groups in total. The summed E-state index contributed by atoms with van der Waals surface area (Å²) in [4.78, 5) is 0. The average molecular weight is 159 g/mol. The Morgan fingerprint density at radius 1 is 1.42 bits per heavy atom. The second kappa shape index (κ2) is 2.93. The van der Waals surface area contributed by atoms with Crippen molar-refractivity contribution < 1.29 is 0 Å². The Bertz CT molecular complexity index is 252. The van der Waals surface area contributed by atoms with Crippen molar-refractivity contribution in [1.29, 1.82) is 0 Å². The third-order valence-corrected chi connectivity index (χ3v) is 2.52. The van der Waals surface area contributed by atoms with Crippen LogP contribution in [0.15, 0.2) is 18.2 Å². The minimum absolute atomic E-state index is 0.615. The molecule has 0 amide bonds. The van der Waals surface area contributed by atoms with Crippen molar-refractivity contribution in [3.05, 3.63) is 35.4 Å². The maximum Gasteiger partial charge on any atom is -0.0146 e. The summed E-state index contributed by atoms with van der Waals surface area (Å²) in [5.41, 5.74) is 2.89. The van der Waals surface area contributed by atoms with Crippen LogP contribution in [0.1, 0.15) is 49.7 Å². The first-order valence-electron chi connectivity index (χ1n) is 4.79. The number of hydrogen-bond acceptors (Lipinski definition) is 0. The highest BCUT2D eigenvalue weighted by atomic mass is 14.3. The van der Waals surface area contributed by atoms with Crippen LogP contribution in [0.25, 0.3) is 0 Å². The summed E-state index contributed by atoms with van der Waals surface area (Å²) < 4.78 is 0. The number of rotatable bonds is 2. The number of benzene rings is 1. The van der Waals surface area contributed by atoms with E-state index in [1.807, 2.05) is 0 Å². The predicted octanol–water partition coefficient (Wildman–Crippen LogP) is 3.49. The molecule has 0 spiro atoms. The highest BCUT2D eigenvalue weighted by Gasteiger charge is 2.23. The molecule has 0 unspecified atom stereocenters. The van der Waals surface area contributed by atoms with E-state index in [-0.39, 0.29) is 0 Å². The molecule has 1 aliphatic carbocycles. The Labute approximate surface area is 74.6 Å². The summed E-state index contributed by atoms with van der Waals surface area (Å²) in [7, 11) is 0. The van der Waals surface area contributed by atoms with Crippen molar-refractivity contribution >= 4 is 0 Å². The Balaban J connectivity index is 2.26. The van der Waals surface area contributed by atoms with Crippen LogP contribution < -0.4 is 0 Å². The molecule has 1 aliphatic rings. The third kappa shape index (κ3) is 1.52. The fourth-order valence-electron chi connectivity index (χ4n) is 1.51. The normalized spacial score (nSPS) is 16.9. The van der Waals surface area contributed by atoms with E-state index < -0.39 is 0 Å². The van der Waals surface area contributed by atoms with E-state index in [1.54, 1.807) is 0 Å². The summed E-state index contributed by atoms with van der Waals surface area (Å²) in [6.45, 7) is 4.45. The highest BCUT2D eigenvalue weighted by molar-refractivity contribution is 5.29. The fourth-order valence-corrected chi connectivity index (χ4v) is 1.51. The molecule has 0 nitrogen and oxygen atoms in total. The predicted molar refractivity (Wildman–Crippen MR) is 51.3 cm³/mol. The smallest absolute Gasteiger partial charge is 0.0146 e. The SMILES string of the molecule is CC(C)c1[c]ccc(C2CC2)c1. The second-order valence-corrected chi connectivity index (χ2v) is 4.01. The molecule has 0 aromatic heterocycles. The maximum atomic E-state index is 3.29. The zero-order valence-electron chi connectivity index (χ0n) is 7.80. The lowest BCUT2D eigenvalue weighted by Gasteiger charge is -2.06. The summed E-state index contributed by atoms with van der Waals surface area (Å²) >= 11 is 0. The molecule has 2 rings (SSSR count). The van der Waals surface area contributed by atoms with E-state index in [0.717, 1.165) is 5.92 Å². The number of hydrogen-bond donors (Lipinski definition) is 0. The monoisotopic (exact) mass is 159 g/mol. The molecule has 12 heavy (non-hydrogen) atoms. The Morgan fingerprint density at radius 2 is 2.17 bits per heavy atom. The van der Waals surface area contributed by atoms with Crippen molar-refractivity contribution in [2.24, 2.45) is 0 Å². The van der Waals surface area contributed by atoms with Crippen molar-refractivity contribution in [2.75, 3.05) is 0 Å². The van der Waals surface area contributed by atoms with Crippen molar-refractivity contribution in [2.45, 2.75) is 38.5 Å². The molecule has 0 atom stereocenters. The minimum atomic E-state index is 0.615. The van der Waals surface area contributed by atoms with Crippen molar-refractivity contribution in [3.63, 3.8) is 0 Å². The topological polar surface area (TPSA) is 0 Å². The van der Waals surface area contributed by atoms with Crippen LogP contribution in [0.4, 0.5) is 0 Å². The van der Waals surface area contributed by atoms with Gasteiger partial charge in [-0.3, -0.25) is 0 Å². The molecule has 1 aromatic carbocycles. The molecular weight excluding hydrogens is 144 g/mol. The van der Waals surface area contributed by atoms with Crippen LogP contribution in [0.2, 0.25) is 0 Å². The van der Waals surface area contributed by atoms with Gasteiger partial charge in [0.15, 0.2) is 0 Å². The van der Waals surface area contributed by atoms with E-state index in [1.165, 1.54) is 24.0 Å². The average Bonchev–Trinajstić information content (AvgIpc) is 2.87. The maximum absolute atomic E-state index is 3.29. The van der Waals surface area contributed by atoms with E-state index in [4.69, 9.17) is 0 Å². The molecule has 1 radical (unpaired) electrons. The van der Waals surface area contributed by atoms with Gasteiger partial charge in [0.05, 0.1) is 0 Å².